The molecule has 4 nitrogen and oxygen atoms in total. The minimum absolute atomic E-state index is 0.0344. The van der Waals surface area contributed by atoms with Gasteiger partial charge in [-0.05, 0) is 19.3 Å². The molecule has 1 atom stereocenters. The molecule has 0 amide bonds. The monoisotopic (exact) mass is 298 g/mol. The summed E-state index contributed by atoms with van der Waals surface area (Å²) in [6, 6.07) is 0.0344. The van der Waals surface area contributed by atoms with Gasteiger partial charge in [-0.15, -0.1) is 0 Å². The van der Waals surface area contributed by atoms with E-state index >= 15 is 0 Å². The first-order valence-corrected chi connectivity index (χ1v) is 8.11. The Bertz CT molecular complexity index is 509. The van der Waals surface area contributed by atoms with Gasteiger partial charge in [-0.3, -0.25) is 0 Å². The summed E-state index contributed by atoms with van der Waals surface area (Å²) in [5.41, 5.74) is 0.422. The minimum Gasteiger partial charge on any atom is -0.250 e. The molecule has 0 aliphatic heterocycles. The second-order valence-corrected chi connectivity index (χ2v) is 7.16. The van der Waals surface area contributed by atoms with Crippen molar-refractivity contribution in [3.63, 3.8) is 0 Å². The van der Waals surface area contributed by atoms with Gasteiger partial charge in [0.1, 0.15) is 10.0 Å². The molecular formula is C10H16Cl2N2O2S. The van der Waals surface area contributed by atoms with Crippen molar-refractivity contribution >= 4 is 31.3 Å². The average molecular weight is 299 g/mol. The molecule has 0 aromatic carbocycles. The molecule has 7 heteroatoms. The van der Waals surface area contributed by atoms with Crippen LogP contribution in [0.15, 0.2) is 4.90 Å². The van der Waals surface area contributed by atoms with E-state index in [1.165, 1.54) is 4.68 Å². The van der Waals surface area contributed by atoms with Crippen LogP contribution in [0.1, 0.15) is 51.8 Å². The van der Waals surface area contributed by atoms with Gasteiger partial charge in [-0.2, -0.15) is 5.10 Å². The molecule has 1 rings (SSSR count). The lowest BCUT2D eigenvalue weighted by molar-refractivity contribution is 0.472. The van der Waals surface area contributed by atoms with Gasteiger partial charge < -0.3 is 0 Å². The van der Waals surface area contributed by atoms with Crippen molar-refractivity contribution in [2.24, 2.45) is 0 Å². The van der Waals surface area contributed by atoms with Gasteiger partial charge in [0.15, 0.2) is 0 Å². The Morgan fingerprint density at radius 3 is 2.18 bits per heavy atom. The van der Waals surface area contributed by atoms with E-state index in [2.05, 4.69) is 5.10 Å². The molecule has 0 radical (unpaired) electrons. The first-order valence-electron chi connectivity index (χ1n) is 5.42. The van der Waals surface area contributed by atoms with Crippen LogP contribution in [0.4, 0.5) is 0 Å². The van der Waals surface area contributed by atoms with E-state index in [0.717, 1.165) is 6.42 Å². The van der Waals surface area contributed by atoms with Crippen LogP contribution in [0.5, 0.6) is 0 Å². The topological polar surface area (TPSA) is 52.0 Å². The molecule has 1 unspecified atom stereocenters. The Morgan fingerprint density at radius 1 is 1.35 bits per heavy atom. The predicted molar refractivity (Wildman–Crippen MR) is 69.4 cm³/mol. The smallest absolute Gasteiger partial charge is 0.250 e. The van der Waals surface area contributed by atoms with Crippen LogP contribution in [0.3, 0.4) is 0 Å². The van der Waals surface area contributed by atoms with Crippen molar-refractivity contribution in [3.05, 3.63) is 10.8 Å². The number of hydrogen-bond donors (Lipinski definition) is 0. The summed E-state index contributed by atoms with van der Waals surface area (Å²) >= 11 is 6.07. The molecule has 0 aliphatic carbocycles. The highest BCUT2D eigenvalue weighted by atomic mass is 35.7. The first-order chi connectivity index (χ1) is 7.70. The molecule has 1 aromatic heterocycles. The van der Waals surface area contributed by atoms with Crippen molar-refractivity contribution < 1.29 is 8.42 Å². The fraction of sp³-hybridized carbons (Fsp3) is 0.700. The molecule has 1 aromatic rings. The Labute approximate surface area is 111 Å². The Kier molecular flexibility index (Phi) is 4.49. The number of nitrogens with zero attached hydrogens (tertiary/aromatic N) is 2. The highest BCUT2D eigenvalue weighted by Crippen LogP contribution is 2.34. The van der Waals surface area contributed by atoms with E-state index in [-0.39, 0.29) is 22.0 Å². The molecule has 0 spiro atoms. The third kappa shape index (κ3) is 2.95. The van der Waals surface area contributed by atoms with E-state index in [9.17, 15) is 8.42 Å². The van der Waals surface area contributed by atoms with Crippen LogP contribution < -0.4 is 0 Å². The highest BCUT2D eigenvalue weighted by Gasteiger charge is 2.28. The fourth-order valence-corrected chi connectivity index (χ4v) is 3.49. The SMILES string of the molecule is CCC(C)n1nc(C(C)C)c(S(=O)(=O)Cl)c1Cl. The quantitative estimate of drug-likeness (QED) is 0.799. The Hall–Kier alpha value is -0.260. The van der Waals surface area contributed by atoms with Gasteiger partial charge in [0.05, 0.1) is 11.7 Å². The first kappa shape index (κ1) is 14.8. The second kappa shape index (κ2) is 5.16. The maximum absolute atomic E-state index is 11.5. The fourth-order valence-electron chi connectivity index (χ4n) is 1.48. The molecular weight excluding hydrogens is 283 g/mol. The predicted octanol–water partition coefficient (Wildman–Crippen LogP) is 3.56. The highest BCUT2D eigenvalue weighted by molar-refractivity contribution is 8.13. The normalized spacial score (nSPS) is 14.3. The van der Waals surface area contributed by atoms with E-state index in [4.69, 9.17) is 22.3 Å². The summed E-state index contributed by atoms with van der Waals surface area (Å²) in [6.45, 7) is 7.61. The van der Waals surface area contributed by atoms with Gasteiger partial charge in [-0.25, -0.2) is 13.1 Å². The molecule has 1 heterocycles. The third-order valence-corrected chi connectivity index (χ3v) is 4.46. The van der Waals surface area contributed by atoms with Crippen molar-refractivity contribution in [1.29, 1.82) is 0 Å². The second-order valence-electron chi connectivity index (χ2n) is 4.30. The molecule has 0 saturated carbocycles. The summed E-state index contributed by atoms with van der Waals surface area (Å²) in [4.78, 5) is -0.0591. The van der Waals surface area contributed by atoms with Crippen LogP contribution in [0.25, 0.3) is 0 Å². The van der Waals surface area contributed by atoms with Crippen LogP contribution in [0.2, 0.25) is 5.15 Å². The molecule has 0 bridgehead atoms. The molecule has 17 heavy (non-hydrogen) atoms. The molecule has 98 valence electrons. The van der Waals surface area contributed by atoms with Crippen molar-refractivity contribution in [1.82, 2.24) is 9.78 Å². The Balaban J connectivity index is 3.52. The van der Waals surface area contributed by atoms with Gasteiger partial charge in [0.2, 0.25) is 0 Å². The number of rotatable bonds is 4. The molecule has 0 saturated heterocycles. The maximum Gasteiger partial charge on any atom is 0.266 e. The van der Waals surface area contributed by atoms with E-state index in [1.807, 2.05) is 27.7 Å². The van der Waals surface area contributed by atoms with E-state index in [1.54, 1.807) is 0 Å². The summed E-state index contributed by atoms with van der Waals surface area (Å²) < 4.78 is 24.6. The van der Waals surface area contributed by atoms with Crippen LogP contribution >= 0.6 is 22.3 Å². The van der Waals surface area contributed by atoms with Crippen LogP contribution in [-0.2, 0) is 9.05 Å². The standard InChI is InChI=1S/C10H16Cl2N2O2S/c1-5-7(4)14-10(11)9(17(12,15)16)8(13-14)6(2)3/h6-7H,5H2,1-4H3. The van der Waals surface area contributed by atoms with Crippen molar-refractivity contribution in [2.45, 2.75) is 51.0 Å². The summed E-state index contributed by atoms with van der Waals surface area (Å²) in [7, 11) is 1.54. The van der Waals surface area contributed by atoms with Gasteiger partial charge >= 0.3 is 0 Å². The van der Waals surface area contributed by atoms with Crippen LogP contribution in [-0.4, -0.2) is 18.2 Å². The van der Waals surface area contributed by atoms with Crippen molar-refractivity contribution in [2.75, 3.05) is 0 Å². The zero-order valence-electron chi connectivity index (χ0n) is 10.2. The summed E-state index contributed by atoms with van der Waals surface area (Å²) in [6.07, 6.45) is 0.806. The van der Waals surface area contributed by atoms with Crippen LogP contribution in [0, 0.1) is 0 Å². The summed E-state index contributed by atoms with van der Waals surface area (Å²) in [5, 5.41) is 4.36. The number of hydrogen-bond acceptors (Lipinski definition) is 3. The Morgan fingerprint density at radius 2 is 1.88 bits per heavy atom. The van der Waals surface area contributed by atoms with E-state index < -0.39 is 9.05 Å². The lowest BCUT2D eigenvalue weighted by Gasteiger charge is -2.10. The largest absolute Gasteiger partial charge is 0.266 e. The third-order valence-electron chi connectivity index (χ3n) is 2.64. The van der Waals surface area contributed by atoms with Gasteiger partial charge in [0, 0.05) is 10.7 Å². The van der Waals surface area contributed by atoms with Gasteiger partial charge in [0.25, 0.3) is 9.05 Å². The zero-order valence-corrected chi connectivity index (χ0v) is 12.6. The van der Waals surface area contributed by atoms with Gasteiger partial charge in [-0.1, -0.05) is 32.4 Å². The molecule has 0 fully saturated rings. The van der Waals surface area contributed by atoms with E-state index in [0.29, 0.717) is 5.69 Å². The average Bonchev–Trinajstić information content (AvgIpc) is 2.54. The number of aromatic nitrogens is 2. The minimum atomic E-state index is -3.87. The lowest BCUT2D eigenvalue weighted by atomic mass is 10.1. The lowest BCUT2D eigenvalue weighted by Crippen LogP contribution is -2.06. The number of halogens is 2. The summed E-state index contributed by atoms with van der Waals surface area (Å²) in [5.74, 6) is -0.0543. The maximum atomic E-state index is 11.5. The molecule has 0 aliphatic rings. The molecule has 0 N–H and O–H groups in total. The zero-order chi connectivity index (χ0) is 13.4. The van der Waals surface area contributed by atoms with Crippen molar-refractivity contribution in [3.8, 4) is 0 Å².